The van der Waals surface area contributed by atoms with Crippen LogP contribution in [0.2, 0.25) is 0 Å². The normalized spacial score (nSPS) is 10.5. The topological polar surface area (TPSA) is 77.0 Å². The number of amides is 1. The predicted octanol–water partition coefficient (Wildman–Crippen LogP) is 3.15. The van der Waals surface area contributed by atoms with Crippen LogP contribution in [0.25, 0.3) is 0 Å². The molecular formula is C18H17BrN2O4. The van der Waals surface area contributed by atoms with E-state index in [2.05, 4.69) is 26.5 Å². The fraction of sp³-hybridized carbons (Fsp3) is 0.167. The van der Waals surface area contributed by atoms with Crippen LogP contribution in [-0.4, -0.2) is 31.3 Å². The fourth-order valence-corrected chi connectivity index (χ4v) is 2.37. The van der Waals surface area contributed by atoms with Gasteiger partial charge in [-0.2, -0.15) is 5.10 Å². The van der Waals surface area contributed by atoms with E-state index in [1.807, 2.05) is 6.07 Å². The Morgan fingerprint density at radius 1 is 1.20 bits per heavy atom. The van der Waals surface area contributed by atoms with Gasteiger partial charge in [0.25, 0.3) is 5.91 Å². The van der Waals surface area contributed by atoms with Gasteiger partial charge in [-0.1, -0.05) is 24.3 Å². The van der Waals surface area contributed by atoms with Gasteiger partial charge in [0, 0.05) is 4.47 Å². The van der Waals surface area contributed by atoms with Crippen LogP contribution in [0.15, 0.2) is 58.1 Å². The molecule has 2 rings (SSSR count). The molecule has 0 unspecified atom stereocenters. The van der Waals surface area contributed by atoms with Gasteiger partial charge >= 0.3 is 5.97 Å². The highest BCUT2D eigenvalue weighted by molar-refractivity contribution is 9.10. The zero-order valence-electron chi connectivity index (χ0n) is 13.6. The molecule has 25 heavy (non-hydrogen) atoms. The molecule has 0 fully saturated rings. The second kappa shape index (κ2) is 9.58. The van der Waals surface area contributed by atoms with E-state index in [0.717, 1.165) is 0 Å². The summed E-state index contributed by atoms with van der Waals surface area (Å²) in [6, 6.07) is 14.0. The molecule has 0 saturated carbocycles. The zero-order valence-corrected chi connectivity index (χ0v) is 15.2. The Morgan fingerprint density at radius 3 is 2.76 bits per heavy atom. The summed E-state index contributed by atoms with van der Waals surface area (Å²) in [5.41, 5.74) is 3.67. The van der Waals surface area contributed by atoms with Crippen LogP contribution in [0.1, 0.15) is 22.8 Å². The first-order valence-electron chi connectivity index (χ1n) is 7.56. The number of carbonyl (C=O) groups is 2. The molecule has 0 saturated heterocycles. The highest BCUT2D eigenvalue weighted by Gasteiger charge is 2.07. The highest BCUT2D eigenvalue weighted by atomic mass is 79.9. The molecule has 130 valence electrons. The van der Waals surface area contributed by atoms with Crippen LogP contribution in [0.5, 0.6) is 5.75 Å². The third-order valence-corrected chi connectivity index (χ3v) is 3.71. The van der Waals surface area contributed by atoms with E-state index in [4.69, 9.17) is 9.47 Å². The van der Waals surface area contributed by atoms with Crippen LogP contribution < -0.4 is 10.2 Å². The van der Waals surface area contributed by atoms with Gasteiger partial charge in [-0.25, -0.2) is 10.2 Å². The summed E-state index contributed by atoms with van der Waals surface area (Å²) in [5.74, 6) is -0.241. The van der Waals surface area contributed by atoms with E-state index in [1.165, 1.54) is 6.21 Å². The van der Waals surface area contributed by atoms with Crippen LogP contribution in [0.4, 0.5) is 0 Å². The molecule has 0 aliphatic carbocycles. The number of esters is 1. The molecule has 0 heterocycles. The summed E-state index contributed by atoms with van der Waals surface area (Å²) in [5, 5.41) is 3.93. The molecule has 6 nitrogen and oxygen atoms in total. The largest absolute Gasteiger partial charge is 0.482 e. The first kappa shape index (κ1) is 18.7. The van der Waals surface area contributed by atoms with Gasteiger partial charge in [0.15, 0.2) is 6.61 Å². The summed E-state index contributed by atoms with van der Waals surface area (Å²) in [6.45, 7) is 1.89. The number of nitrogens with zero attached hydrogens (tertiary/aromatic N) is 1. The number of nitrogens with one attached hydrogen (secondary N) is 1. The SMILES string of the molecule is CCOC(=O)COc1cccc(/C=N\NC(=O)c2ccccc2Br)c1. The number of rotatable bonds is 7. The zero-order chi connectivity index (χ0) is 18.1. The molecule has 7 heteroatoms. The van der Waals surface area contributed by atoms with Crippen LogP contribution in [-0.2, 0) is 9.53 Å². The first-order valence-corrected chi connectivity index (χ1v) is 8.36. The Labute approximate surface area is 154 Å². The highest BCUT2D eigenvalue weighted by Crippen LogP contribution is 2.15. The Hall–Kier alpha value is -2.67. The lowest BCUT2D eigenvalue weighted by Crippen LogP contribution is -2.18. The minimum absolute atomic E-state index is 0.160. The minimum atomic E-state index is -0.428. The average Bonchev–Trinajstić information content (AvgIpc) is 2.61. The average molecular weight is 405 g/mol. The Kier molecular flexibility index (Phi) is 7.16. The van der Waals surface area contributed by atoms with Crippen LogP contribution in [0, 0.1) is 0 Å². The van der Waals surface area contributed by atoms with Gasteiger partial charge in [0.05, 0.1) is 18.4 Å². The Balaban J connectivity index is 1.93. The number of halogens is 1. The van der Waals surface area contributed by atoms with Crippen molar-refractivity contribution in [2.45, 2.75) is 6.92 Å². The lowest BCUT2D eigenvalue weighted by molar-refractivity contribution is -0.145. The van der Waals surface area contributed by atoms with E-state index < -0.39 is 5.97 Å². The Morgan fingerprint density at radius 2 is 2.00 bits per heavy atom. The summed E-state index contributed by atoms with van der Waals surface area (Å²) < 4.78 is 10.8. The maximum atomic E-state index is 12.0. The van der Waals surface area contributed by atoms with Gasteiger partial charge in [0.2, 0.25) is 0 Å². The van der Waals surface area contributed by atoms with E-state index in [-0.39, 0.29) is 12.5 Å². The maximum absolute atomic E-state index is 12.0. The van der Waals surface area contributed by atoms with Crippen molar-refractivity contribution in [3.8, 4) is 5.75 Å². The molecule has 0 bridgehead atoms. The van der Waals surface area contributed by atoms with Crippen molar-refractivity contribution < 1.29 is 19.1 Å². The predicted molar refractivity (Wildman–Crippen MR) is 97.8 cm³/mol. The summed E-state index contributed by atoms with van der Waals surface area (Å²) in [7, 11) is 0. The molecular weight excluding hydrogens is 388 g/mol. The van der Waals surface area contributed by atoms with Crippen molar-refractivity contribution in [3.05, 3.63) is 64.1 Å². The molecule has 0 aliphatic rings. The summed E-state index contributed by atoms with van der Waals surface area (Å²) >= 11 is 3.32. The van der Waals surface area contributed by atoms with E-state index in [9.17, 15) is 9.59 Å². The molecule has 0 aromatic heterocycles. The second-order valence-corrected chi connectivity index (χ2v) is 5.70. The van der Waals surface area contributed by atoms with Crippen molar-refractivity contribution in [1.82, 2.24) is 5.43 Å². The number of carbonyl (C=O) groups excluding carboxylic acids is 2. The number of hydrogen-bond acceptors (Lipinski definition) is 5. The van der Waals surface area contributed by atoms with E-state index >= 15 is 0 Å². The monoisotopic (exact) mass is 404 g/mol. The molecule has 0 spiro atoms. The number of ether oxygens (including phenoxy) is 2. The van der Waals surface area contributed by atoms with E-state index in [1.54, 1.807) is 49.4 Å². The standard InChI is InChI=1S/C18H17BrN2O4/c1-2-24-17(22)12-25-14-7-5-6-13(10-14)11-20-21-18(23)15-8-3-4-9-16(15)19/h3-11H,2,12H2,1H3,(H,21,23)/b20-11-. The molecule has 0 aliphatic heterocycles. The van der Waals surface area contributed by atoms with Gasteiger partial charge in [0.1, 0.15) is 5.75 Å². The van der Waals surface area contributed by atoms with Gasteiger partial charge in [-0.3, -0.25) is 4.79 Å². The van der Waals surface area contributed by atoms with Gasteiger partial charge in [-0.15, -0.1) is 0 Å². The number of hydrogen-bond donors (Lipinski definition) is 1. The number of benzene rings is 2. The molecule has 1 amide bonds. The minimum Gasteiger partial charge on any atom is -0.482 e. The molecule has 1 N–H and O–H groups in total. The quantitative estimate of drug-likeness (QED) is 0.436. The smallest absolute Gasteiger partial charge is 0.344 e. The van der Waals surface area contributed by atoms with Crippen molar-refractivity contribution >= 4 is 34.0 Å². The summed E-state index contributed by atoms with van der Waals surface area (Å²) in [6.07, 6.45) is 1.49. The molecule has 0 radical (unpaired) electrons. The Bertz CT molecular complexity index is 777. The molecule has 0 atom stereocenters. The second-order valence-electron chi connectivity index (χ2n) is 4.85. The van der Waals surface area contributed by atoms with Crippen molar-refractivity contribution in [2.24, 2.45) is 5.10 Å². The molecule has 2 aromatic rings. The lowest BCUT2D eigenvalue weighted by Gasteiger charge is -2.06. The van der Waals surface area contributed by atoms with Crippen LogP contribution >= 0.6 is 15.9 Å². The van der Waals surface area contributed by atoms with Gasteiger partial charge in [-0.05, 0) is 52.7 Å². The van der Waals surface area contributed by atoms with Crippen LogP contribution in [0.3, 0.4) is 0 Å². The first-order chi connectivity index (χ1) is 12.1. The molecule has 2 aromatic carbocycles. The number of hydrazone groups is 1. The summed E-state index contributed by atoms with van der Waals surface area (Å²) in [4.78, 5) is 23.3. The lowest BCUT2D eigenvalue weighted by atomic mass is 10.2. The third kappa shape index (κ3) is 6.04. The van der Waals surface area contributed by atoms with Crippen molar-refractivity contribution in [1.29, 1.82) is 0 Å². The van der Waals surface area contributed by atoms with E-state index in [0.29, 0.717) is 28.0 Å². The third-order valence-electron chi connectivity index (χ3n) is 3.02. The van der Waals surface area contributed by atoms with Gasteiger partial charge < -0.3 is 9.47 Å². The maximum Gasteiger partial charge on any atom is 0.344 e. The van der Waals surface area contributed by atoms with Crippen molar-refractivity contribution in [3.63, 3.8) is 0 Å². The van der Waals surface area contributed by atoms with Crippen molar-refractivity contribution in [2.75, 3.05) is 13.2 Å². The fourth-order valence-electron chi connectivity index (χ4n) is 1.90.